The van der Waals surface area contributed by atoms with Gasteiger partial charge in [-0.15, -0.1) is 0 Å². The fourth-order valence-corrected chi connectivity index (χ4v) is 1.35. The lowest BCUT2D eigenvalue weighted by Gasteiger charge is -2.10. The molecule has 1 aromatic carbocycles. The molecule has 0 aliphatic rings. The summed E-state index contributed by atoms with van der Waals surface area (Å²) in [5, 5.41) is 0. The van der Waals surface area contributed by atoms with E-state index in [1.54, 1.807) is 0 Å². The zero-order chi connectivity index (χ0) is 13.2. The molecule has 5 nitrogen and oxygen atoms in total. The number of ether oxygens (including phenoxy) is 1. The predicted octanol–water partition coefficient (Wildman–Crippen LogP) is 1.42. The fraction of sp³-hybridized carbons (Fsp3) is 0.462. The van der Waals surface area contributed by atoms with Crippen LogP contribution in [0.25, 0.3) is 0 Å². The van der Waals surface area contributed by atoms with Gasteiger partial charge in [0.1, 0.15) is 6.61 Å². The quantitative estimate of drug-likeness (QED) is 0.431. The number of hydrogen-bond donors (Lipinski definition) is 1. The Balaban J connectivity index is 2.14. The van der Waals surface area contributed by atoms with Gasteiger partial charge in [-0.25, -0.2) is 9.78 Å². The summed E-state index contributed by atoms with van der Waals surface area (Å²) < 4.78 is 5.12. The summed E-state index contributed by atoms with van der Waals surface area (Å²) in [6.07, 6.45) is 0.790. The molecular weight excluding hydrogens is 234 g/mol. The molecule has 1 aromatic rings. The Morgan fingerprint density at radius 1 is 1.33 bits per heavy atom. The lowest BCUT2D eigenvalue weighted by atomic mass is 10.2. The van der Waals surface area contributed by atoms with E-state index in [9.17, 15) is 4.79 Å². The molecule has 1 rings (SSSR count). The van der Waals surface area contributed by atoms with E-state index in [1.165, 1.54) is 7.11 Å². The van der Waals surface area contributed by atoms with Crippen molar-refractivity contribution in [3.05, 3.63) is 35.9 Å². The van der Waals surface area contributed by atoms with Crippen LogP contribution >= 0.6 is 0 Å². The molecule has 0 saturated carbocycles. The van der Waals surface area contributed by atoms with E-state index < -0.39 is 0 Å². The van der Waals surface area contributed by atoms with E-state index >= 15 is 0 Å². The Morgan fingerprint density at radius 2 is 2.06 bits per heavy atom. The molecule has 0 radical (unpaired) electrons. The first-order valence-electron chi connectivity index (χ1n) is 5.83. The van der Waals surface area contributed by atoms with E-state index in [1.807, 2.05) is 30.3 Å². The summed E-state index contributed by atoms with van der Waals surface area (Å²) in [6.45, 7) is 0.561. The molecule has 100 valence electrons. The number of hydrogen-bond acceptors (Lipinski definition) is 5. The Hall–Kier alpha value is -1.43. The van der Waals surface area contributed by atoms with Gasteiger partial charge in [0, 0.05) is 12.5 Å². The van der Waals surface area contributed by atoms with Crippen LogP contribution in [0.5, 0.6) is 0 Å². The third kappa shape index (κ3) is 6.34. The molecule has 0 aliphatic heterocycles. The highest BCUT2D eigenvalue weighted by Gasteiger charge is 2.08. The van der Waals surface area contributed by atoms with Crippen LogP contribution < -0.4 is 5.73 Å². The second kappa shape index (κ2) is 8.63. The second-order valence-electron chi connectivity index (χ2n) is 3.90. The van der Waals surface area contributed by atoms with Crippen LogP contribution in [0.3, 0.4) is 0 Å². The molecular formula is C13H19NO4. The summed E-state index contributed by atoms with van der Waals surface area (Å²) in [5.74, 6) is -0.258. The van der Waals surface area contributed by atoms with Crippen molar-refractivity contribution in [2.75, 3.05) is 13.7 Å². The van der Waals surface area contributed by atoms with Crippen LogP contribution in [0.2, 0.25) is 0 Å². The third-order valence-electron chi connectivity index (χ3n) is 2.36. The highest BCUT2D eigenvalue weighted by Crippen LogP contribution is 2.03. The van der Waals surface area contributed by atoms with Gasteiger partial charge in [0.25, 0.3) is 0 Å². The Kier molecular flexibility index (Phi) is 7.01. The van der Waals surface area contributed by atoms with E-state index in [-0.39, 0.29) is 25.0 Å². The summed E-state index contributed by atoms with van der Waals surface area (Å²) >= 11 is 0. The Morgan fingerprint density at radius 3 is 2.72 bits per heavy atom. The van der Waals surface area contributed by atoms with Gasteiger partial charge < -0.3 is 10.5 Å². The van der Waals surface area contributed by atoms with Gasteiger partial charge in [-0.2, -0.15) is 0 Å². The topological polar surface area (TPSA) is 70.8 Å². The SMILES string of the molecule is COOC[C@@H](N)CCC(=O)OCc1ccccc1. The third-order valence-corrected chi connectivity index (χ3v) is 2.36. The molecule has 18 heavy (non-hydrogen) atoms. The minimum Gasteiger partial charge on any atom is -0.461 e. The smallest absolute Gasteiger partial charge is 0.306 e. The maximum absolute atomic E-state index is 11.4. The van der Waals surface area contributed by atoms with Crippen molar-refractivity contribution in [1.82, 2.24) is 0 Å². The first-order valence-corrected chi connectivity index (χ1v) is 5.83. The molecule has 0 amide bonds. The normalized spacial score (nSPS) is 12.1. The van der Waals surface area contributed by atoms with Crippen molar-refractivity contribution < 1.29 is 19.3 Å². The van der Waals surface area contributed by atoms with Crippen LogP contribution in [0, 0.1) is 0 Å². The maximum Gasteiger partial charge on any atom is 0.306 e. The zero-order valence-corrected chi connectivity index (χ0v) is 10.5. The summed E-state index contributed by atoms with van der Waals surface area (Å²) in [6, 6.07) is 9.31. The molecule has 0 aliphatic carbocycles. The standard InChI is InChI=1S/C13H19NO4/c1-16-18-10-12(14)7-8-13(15)17-9-11-5-3-2-4-6-11/h2-6,12H,7-10,14H2,1H3/t12-/m0/s1. The molecule has 0 aromatic heterocycles. The average Bonchev–Trinajstić information content (AvgIpc) is 2.41. The van der Waals surface area contributed by atoms with E-state index in [0.29, 0.717) is 13.0 Å². The van der Waals surface area contributed by atoms with Gasteiger partial charge in [0.15, 0.2) is 0 Å². The monoisotopic (exact) mass is 253 g/mol. The van der Waals surface area contributed by atoms with Crippen molar-refractivity contribution in [2.24, 2.45) is 5.73 Å². The Labute approximate surface area is 107 Å². The highest BCUT2D eigenvalue weighted by molar-refractivity contribution is 5.69. The summed E-state index contributed by atoms with van der Waals surface area (Å²) in [4.78, 5) is 20.6. The van der Waals surface area contributed by atoms with Crippen molar-refractivity contribution in [3.8, 4) is 0 Å². The number of carbonyl (C=O) groups excluding carboxylic acids is 1. The molecule has 1 atom stereocenters. The molecule has 0 spiro atoms. The molecule has 2 N–H and O–H groups in total. The van der Waals surface area contributed by atoms with Gasteiger partial charge >= 0.3 is 5.97 Å². The number of benzene rings is 1. The average molecular weight is 253 g/mol. The Bertz CT molecular complexity index is 342. The van der Waals surface area contributed by atoms with Crippen LogP contribution in [0.4, 0.5) is 0 Å². The van der Waals surface area contributed by atoms with Crippen LogP contribution in [0.15, 0.2) is 30.3 Å². The van der Waals surface area contributed by atoms with Gasteiger partial charge in [-0.1, -0.05) is 30.3 Å². The summed E-state index contributed by atoms with van der Waals surface area (Å²) in [5.41, 5.74) is 6.67. The summed E-state index contributed by atoms with van der Waals surface area (Å²) in [7, 11) is 1.42. The lowest BCUT2D eigenvalue weighted by molar-refractivity contribution is -0.274. The highest BCUT2D eigenvalue weighted by atomic mass is 17.2. The minimum atomic E-state index is -0.258. The van der Waals surface area contributed by atoms with Crippen LogP contribution in [-0.4, -0.2) is 25.7 Å². The minimum absolute atomic E-state index is 0.228. The van der Waals surface area contributed by atoms with Gasteiger partial charge in [0.2, 0.25) is 0 Å². The van der Waals surface area contributed by atoms with Crippen LogP contribution in [0.1, 0.15) is 18.4 Å². The van der Waals surface area contributed by atoms with Gasteiger partial charge in [0.05, 0.1) is 13.7 Å². The van der Waals surface area contributed by atoms with Crippen molar-refractivity contribution in [1.29, 1.82) is 0 Å². The zero-order valence-electron chi connectivity index (χ0n) is 10.5. The fourth-order valence-electron chi connectivity index (χ4n) is 1.35. The molecule has 0 bridgehead atoms. The van der Waals surface area contributed by atoms with Gasteiger partial charge in [-0.05, 0) is 12.0 Å². The molecule has 0 unspecified atom stereocenters. The number of nitrogens with two attached hydrogens (primary N) is 1. The molecule has 5 heteroatoms. The van der Waals surface area contributed by atoms with E-state index in [4.69, 9.17) is 10.5 Å². The maximum atomic E-state index is 11.4. The van der Waals surface area contributed by atoms with E-state index in [0.717, 1.165) is 5.56 Å². The second-order valence-corrected chi connectivity index (χ2v) is 3.90. The number of carbonyl (C=O) groups is 1. The molecule has 0 heterocycles. The largest absolute Gasteiger partial charge is 0.461 e. The van der Waals surface area contributed by atoms with Crippen LogP contribution in [-0.2, 0) is 25.9 Å². The van der Waals surface area contributed by atoms with E-state index in [2.05, 4.69) is 9.78 Å². The molecule has 0 fully saturated rings. The predicted molar refractivity (Wildman–Crippen MR) is 66.4 cm³/mol. The van der Waals surface area contributed by atoms with Gasteiger partial charge in [-0.3, -0.25) is 4.79 Å². The molecule has 0 saturated heterocycles. The van der Waals surface area contributed by atoms with Crippen molar-refractivity contribution in [2.45, 2.75) is 25.5 Å². The lowest BCUT2D eigenvalue weighted by Crippen LogP contribution is -2.27. The first kappa shape index (κ1) is 14.6. The first-order chi connectivity index (χ1) is 8.72. The van der Waals surface area contributed by atoms with Crippen molar-refractivity contribution in [3.63, 3.8) is 0 Å². The van der Waals surface area contributed by atoms with Crippen molar-refractivity contribution >= 4 is 5.97 Å². The number of rotatable bonds is 8. The number of esters is 1.